The third kappa shape index (κ3) is 1.03. The molecule has 4 nitrogen and oxygen atoms in total. The van der Waals surface area contributed by atoms with E-state index in [-0.39, 0.29) is 5.54 Å². The van der Waals surface area contributed by atoms with E-state index in [0.29, 0.717) is 5.92 Å². The molecule has 0 aromatic carbocycles. The zero-order valence-corrected chi connectivity index (χ0v) is 7.49. The van der Waals surface area contributed by atoms with Crippen LogP contribution in [0, 0.1) is 5.92 Å². The molecular weight excluding hydrogens is 152 g/mol. The minimum absolute atomic E-state index is 0.286. The van der Waals surface area contributed by atoms with Crippen LogP contribution >= 0.6 is 0 Å². The fourth-order valence-corrected chi connectivity index (χ4v) is 1.64. The summed E-state index contributed by atoms with van der Waals surface area (Å²) in [5.74, 6) is 1.49. The highest BCUT2D eigenvalue weighted by Gasteiger charge is 2.42. The maximum absolute atomic E-state index is 6.17. The van der Waals surface area contributed by atoms with Gasteiger partial charge in [-0.05, 0) is 25.7 Å². The third-order valence-corrected chi connectivity index (χ3v) is 2.62. The molecule has 1 aromatic heterocycles. The van der Waals surface area contributed by atoms with Crippen LogP contribution in [0.3, 0.4) is 0 Å². The number of nitrogens with two attached hydrogens (primary N) is 1. The van der Waals surface area contributed by atoms with E-state index >= 15 is 0 Å². The summed E-state index contributed by atoms with van der Waals surface area (Å²) >= 11 is 0. The van der Waals surface area contributed by atoms with Crippen molar-refractivity contribution in [2.24, 2.45) is 18.7 Å². The van der Waals surface area contributed by atoms with E-state index in [1.807, 2.05) is 18.5 Å². The first kappa shape index (κ1) is 7.73. The Morgan fingerprint density at radius 3 is 2.75 bits per heavy atom. The van der Waals surface area contributed by atoms with Crippen LogP contribution in [0.4, 0.5) is 0 Å². The Balaban J connectivity index is 2.33. The minimum Gasteiger partial charge on any atom is -0.319 e. The second kappa shape index (κ2) is 2.29. The van der Waals surface area contributed by atoms with Crippen LogP contribution in [0.1, 0.15) is 25.6 Å². The van der Waals surface area contributed by atoms with Gasteiger partial charge in [-0.2, -0.15) is 0 Å². The average Bonchev–Trinajstić information content (AvgIpc) is 2.75. The van der Waals surface area contributed by atoms with Crippen LogP contribution in [-0.2, 0) is 12.6 Å². The second-order valence-corrected chi connectivity index (χ2v) is 3.82. The highest BCUT2D eigenvalue weighted by atomic mass is 15.3. The fourth-order valence-electron chi connectivity index (χ4n) is 1.64. The van der Waals surface area contributed by atoms with Crippen molar-refractivity contribution < 1.29 is 0 Å². The van der Waals surface area contributed by atoms with Gasteiger partial charge in [0.05, 0.1) is 5.54 Å². The summed E-state index contributed by atoms with van der Waals surface area (Å²) in [5, 5.41) is 7.87. The molecule has 2 rings (SSSR count). The molecule has 1 heterocycles. The maximum atomic E-state index is 6.17. The molecule has 0 spiro atoms. The van der Waals surface area contributed by atoms with Crippen LogP contribution in [0.5, 0.6) is 0 Å². The van der Waals surface area contributed by atoms with Gasteiger partial charge in [0.25, 0.3) is 0 Å². The molecule has 1 aliphatic rings. The molecule has 2 N–H and O–H groups in total. The van der Waals surface area contributed by atoms with E-state index in [1.165, 1.54) is 12.8 Å². The van der Waals surface area contributed by atoms with E-state index < -0.39 is 0 Å². The normalized spacial score (nSPS) is 22.2. The van der Waals surface area contributed by atoms with Crippen LogP contribution in [0.25, 0.3) is 0 Å². The standard InChI is InChI=1S/C8H14N4/c1-8(9,6-3-4-6)7-11-10-5-12(7)2/h5-6H,3-4,9H2,1-2H3. The molecule has 0 radical (unpaired) electrons. The topological polar surface area (TPSA) is 56.7 Å². The zero-order valence-electron chi connectivity index (χ0n) is 7.49. The molecule has 0 amide bonds. The number of rotatable bonds is 2. The minimum atomic E-state index is -0.286. The third-order valence-electron chi connectivity index (χ3n) is 2.62. The van der Waals surface area contributed by atoms with Gasteiger partial charge in [-0.25, -0.2) is 0 Å². The largest absolute Gasteiger partial charge is 0.319 e. The number of hydrogen-bond acceptors (Lipinski definition) is 3. The van der Waals surface area contributed by atoms with Gasteiger partial charge in [-0.3, -0.25) is 0 Å². The van der Waals surface area contributed by atoms with E-state index in [9.17, 15) is 0 Å². The van der Waals surface area contributed by atoms with Gasteiger partial charge >= 0.3 is 0 Å². The molecule has 4 heteroatoms. The molecule has 0 aliphatic heterocycles. The fraction of sp³-hybridized carbons (Fsp3) is 0.750. The molecule has 66 valence electrons. The zero-order chi connectivity index (χ0) is 8.77. The predicted octanol–water partition coefficient (Wildman–Crippen LogP) is 0.399. The SMILES string of the molecule is Cn1cnnc1C(C)(N)C1CC1. The van der Waals surface area contributed by atoms with Crippen molar-refractivity contribution in [2.45, 2.75) is 25.3 Å². The molecule has 1 saturated carbocycles. The lowest BCUT2D eigenvalue weighted by molar-refractivity contribution is 0.387. The molecular formula is C8H14N4. The quantitative estimate of drug-likeness (QED) is 0.691. The Hall–Kier alpha value is -0.900. The molecule has 1 unspecified atom stereocenters. The second-order valence-electron chi connectivity index (χ2n) is 3.82. The van der Waals surface area contributed by atoms with Crippen LogP contribution in [0.15, 0.2) is 6.33 Å². The first-order valence-corrected chi connectivity index (χ1v) is 4.25. The lowest BCUT2D eigenvalue weighted by atomic mass is 9.96. The van der Waals surface area contributed by atoms with Crippen molar-refractivity contribution in [3.8, 4) is 0 Å². The van der Waals surface area contributed by atoms with Crippen LogP contribution < -0.4 is 5.73 Å². The molecule has 0 saturated heterocycles. The van der Waals surface area contributed by atoms with Crippen molar-refractivity contribution in [1.82, 2.24) is 14.8 Å². The molecule has 12 heavy (non-hydrogen) atoms. The molecule has 1 aliphatic carbocycles. The molecule has 1 fully saturated rings. The molecule has 0 bridgehead atoms. The Kier molecular flexibility index (Phi) is 1.48. The molecule has 1 atom stereocenters. The van der Waals surface area contributed by atoms with Gasteiger partial charge in [0.1, 0.15) is 6.33 Å². The maximum Gasteiger partial charge on any atom is 0.152 e. The van der Waals surface area contributed by atoms with Crippen molar-refractivity contribution in [2.75, 3.05) is 0 Å². The summed E-state index contributed by atoms with van der Waals surface area (Å²) in [6.45, 7) is 2.04. The summed E-state index contributed by atoms with van der Waals surface area (Å²) in [6.07, 6.45) is 4.14. The number of aryl methyl sites for hydroxylation is 1. The van der Waals surface area contributed by atoms with Gasteiger partial charge in [-0.1, -0.05) is 0 Å². The van der Waals surface area contributed by atoms with Crippen LogP contribution in [0.2, 0.25) is 0 Å². The summed E-state index contributed by atoms with van der Waals surface area (Å²) in [5.41, 5.74) is 5.88. The molecule has 1 aromatic rings. The van der Waals surface area contributed by atoms with Gasteiger partial charge in [0.15, 0.2) is 5.82 Å². The summed E-state index contributed by atoms with van der Waals surface area (Å²) < 4.78 is 1.90. The van der Waals surface area contributed by atoms with Crippen molar-refractivity contribution >= 4 is 0 Å². The lowest BCUT2D eigenvalue weighted by Gasteiger charge is -2.22. The van der Waals surface area contributed by atoms with Gasteiger partial charge in [0.2, 0.25) is 0 Å². The average molecular weight is 166 g/mol. The Morgan fingerprint density at radius 1 is 1.67 bits per heavy atom. The highest BCUT2D eigenvalue weighted by Crippen LogP contribution is 2.42. The number of aromatic nitrogens is 3. The smallest absolute Gasteiger partial charge is 0.152 e. The predicted molar refractivity (Wildman–Crippen MR) is 45.3 cm³/mol. The first-order valence-electron chi connectivity index (χ1n) is 4.25. The van der Waals surface area contributed by atoms with Gasteiger partial charge < -0.3 is 10.3 Å². The van der Waals surface area contributed by atoms with Crippen molar-refractivity contribution in [1.29, 1.82) is 0 Å². The van der Waals surface area contributed by atoms with Crippen molar-refractivity contribution in [3.63, 3.8) is 0 Å². The summed E-state index contributed by atoms with van der Waals surface area (Å²) in [7, 11) is 1.93. The number of hydrogen-bond donors (Lipinski definition) is 1. The van der Waals surface area contributed by atoms with E-state index in [2.05, 4.69) is 10.2 Å². The van der Waals surface area contributed by atoms with Crippen LogP contribution in [-0.4, -0.2) is 14.8 Å². The Labute approximate surface area is 71.8 Å². The summed E-state index contributed by atoms with van der Waals surface area (Å²) in [6, 6.07) is 0. The van der Waals surface area contributed by atoms with E-state index in [1.54, 1.807) is 6.33 Å². The lowest BCUT2D eigenvalue weighted by Crippen LogP contribution is -2.38. The monoisotopic (exact) mass is 166 g/mol. The number of nitrogens with zero attached hydrogens (tertiary/aromatic N) is 3. The Bertz CT molecular complexity index is 285. The highest BCUT2D eigenvalue weighted by molar-refractivity contribution is 5.09. The van der Waals surface area contributed by atoms with Gasteiger partial charge in [0, 0.05) is 7.05 Å². The summed E-state index contributed by atoms with van der Waals surface area (Å²) in [4.78, 5) is 0. The van der Waals surface area contributed by atoms with E-state index in [4.69, 9.17) is 5.73 Å². The van der Waals surface area contributed by atoms with Crippen molar-refractivity contribution in [3.05, 3.63) is 12.2 Å². The van der Waals surface area contributed by atoms with Gasteiger partial charge in [-0.15, -0.1) is 10.2 Å². The Morgan fingerprint density at radius 2 is 2.33 bits per heavy atom. The van der Waals surface area contributed by atoms with E-state index in [0.717, 1.165) is 5.82 Å². The first-order chi connectivity index (χ1) is 5.62.